The number of ether oxygens (including phenoxy) is 1. The van der Waals surface area contributed by atoms with Crippen molar-refractivity contribution in [3.05, 3.63) is 42.2 Å². The fraction of sp³-hybridized carbons (Fsp3) is 0.214. The maximum Gasteiger partial charge on any atom is 0.187 e. The molecule has 1 atom stereocenters. The number of furan rings is 1. The summed E-state index contributed by atoms with van der Waals surface area (Å²) in [7, 11) is 0. The van der Waals surface area contributed by atoms with Crippen LogP contribution >= 0.6 is 0 Å². The van der Waals surface area contributed by atoms with Gasteiger partial charge in [-0.2, -0.15) is 0 Å². The Bertz CT molecular complexity index is 558. The van der Waals surface area contributed by atoms with Gasteiger partial charge in [0.1, 0.15) is 17.6 Å². The molecule has 0 aliphatic carbocycles. The van der Waals surface area contributed by atoms with E-state index in [1.54, 1.807) is 6.26 Å². The molecule has 1 aromatic heterocycles. The maximum absolute atomic E-state index is 6.02. The van der Waals surface area contributed by atoms with Crippen LogP contribution in [0.4, 0.5) is 0 Å². The molecule has 1 aliphatic rings. The van der Waals surface area contributed by atoms with Crippen molar-refractivity contribution >= 4 is 5.71 Å². The van der Waals surface area contributed by atoms with Gasteiger partial charge in [0.25, 0.3) is 0 Å². The molecule has 3 nitrogen and oxygen atoms in total. The number of hydrogen-bond acceptors (Lipinski definition) is 2. The van der Waals surface area contributed by atoms with E-state index in [1.165, 1.54) is 0 Å². The highest BCUT2D eigenvalue weighted by Crippen LogP contribution is 2.31. The van der Waals surface area contributed by atoms with Gasteiger partial charge >= 0.3 is 0 Å². The normalized spacial score (nSPS) is 18.6. The molecule has 0 spiro atoms. The Balaban J connectivity index is 2.07. The van der Waals surface area contributed by atoms with Crippen LogP contribution in [0, 0.1) is 0 Å². The molecular formula is C14H14NO2+. The fourth-order valence-electron chi connectivity index (χ4n) is 2.16. The van der Waals surface area contributed by atoms with E-state index in [-0.39, 0.29) is 6.10 Å². The summed E-state index contributed by atoms with van der Waals surface area (Å²) in [5, 5.41) is 6.02. The minimum Gasteiger partial charge on any atom is -0.489 e. The van der Waals surface area contributed by atoms with Crippen molar-refractivity contribution in [2.45, 2.75) is 19.4 Å². The number of nitrogens with two attached hydrogens (primary N) is 1. The Morgan fingerprint density at radius 3 is 2.94 bits per heavy atom. The molecule has 0 saturated carbocycles. The predicted molar refractivity (Wildman–Crippen MR) is 64.9 cm³/mol. The van der Waals surface area contributed by atoms with Crippen LogP contribution in [0.25, 0.3) is 11.3 Å². The van der Waals surface area contributed by atoms with Crippen LogP contribution in [-0.4, -0.2) is 11.8 Å². The molecule has 2 heterocycles. The molecule has 0 bridgehead atoms. The summed E-state index contributed by atoms with van der Waals surface area (Å²) in [4.78, 5) is 0. The van der Waals surface area contributed by atoms with E-state index in [1.807, 2.05) is 37.3 Å². The summed E-state index contributed by atoms with van der Waals surface area (Å²) in [6.07, 6.45) is 2.58. The molecule has 0 amide bonds. The van der Waals surface area contributed by atoms with E-state index >= 15 is 0 Å². The number of benzene rings is 1. The molecule has 0 radical (unpaired) electrons. The highest BCUT2D eigenvalue weighted by molar-refractivity contribution is 6.00. The van der Waals surface area contributed by atoms with Gasteiger partial charge in [-0.3, -0.25) is 5.41 Å². The Hall–Kier alpha value is -2.03. The average Bonchev–Trinajstić information content (AvgIpc) is 2.81. The molecule has 3 rings (SSSR count). The summed E-state index contributed by atoms with van der Waals surface area (Å²) in [5.41, 5.74) is 2.90. The van der Waals surface area contributed by atoms with E-state index in [9.17, 15) is 0 Å². The summed E-state index contributed by atoms with van der Waals surface area (Å²) in [6.45, 7) is 2.02. The number of fused-ring (bicyclic) bond motifs is 1. The van der Waals surface area contributed by atoms with E-state index in [0.717, 1.165) is 34.8 Å². The van der Waals surface area contributed by atoms with Crippen molar-refractivity contribution in [2.75, 3.05) is 0 Å². The van der Waals surface area contributed by atoms with Gasteiger partial charge < -0.3 is 9.15 Å². The number of hydrogen-bond donors (Lipinski definition) is 1. The van der Waals surface area contributed by atoms with Crippen LogP contribution in [0.15, 0.2) is 41.0 Å². The van der Waals surface area contributed by atoms with Gasteiger partial charge in [0.15, 0.2) is 5.71 Å². The van der Waals surface area contributed by atoms with Crippen molar-refractivity contribution in [3.63, 3.8) is 0 Å². The van der Waals surface area contributed by atoms with Crippen LogP contribution in [-0.2, 0) is 0 Å². The lowest BCUT2D eigenvalue weighted by Gasteiger charge is -2.21. The van der Waals surface area contributed by atoms with Crippen LogP contribution in [0.1, 0.15) is 18.9 Å². The highest BCUT2D eigenvalue weighted by Gasteiger charge is 2.24. The zero-order chi connectivity index (χ0) is 11.8. The third-order valence-corrected chi connectivity index (χ3v) is 2.97. The monoisotopic (exact) mass is 228 g/mol. The quantitative estimate of drug-likeness (QED) is 0.807. The molecule has 2 N–H and O–H groups in total. The van der Waals surface area contributed by atoms with E-state index < -0.39 is 0 Å². The lowest BCUT2D eigenvalue weighted by atomic mass is 9.98. The van der Waals surface area contributed by atoms with Gasteiger partial charge in [-0.1, -0.05) is 6.07 Å². The standard InChI is InChI=1S/C14H13NO2/c1-9-7-12(15)11-5-4-10(8-14(11)17-9)13-3-2-6-16-13/h2-6,8-9,15H,7H2,1H3/p+1. The fourth-order valence-corrected chi connectivity index (χ4v) is 2.16. The molecule has 1 aromatic carbocycles. The molecule has 1 aliphatic heterocycles. The minimum absolute atomic E-state index is 0.134. The molecular weight excluding hydrogens is 214 g/mol. The van der Waals surface area contributed by atoms with Gasteiger partial charge in [0, 0.05) is 5.56 Å². The highest BCUT2D eigenvalue weighted by atomic mass is 16.5. The Kier molecular flexibility index (Phi) is 2.25. The zero-order valence-corrected chi connectivity index (χ0v) is 9.64. The summed E-state index contributed by atoms with van der Waals surface area (Å²) in [6, 6.07) is 9.79. The van der Waals surface area contributed by atoms with Crippen LogP contribution < -0.4 is 10.1 Å². The van der Waals surface area contributed by atoms with Crippen molar-refractivity contribution in [2.24, 2.45) is 0 Å². The molecule has 0 saturated heterocycles. The summed E-state index contributed by atoms with van der Waals surface area (Å²) < 4.78 is 11.2. The van der Waals surface area contributed by atoms with Crippen molar-refractivity contribution in [1.29, 1.82) is 0 Å². The van der Waals surface area contributed by atoms with Crippen molar-refractivity contribution in [1.82, 2.24) is 0 Å². The predicted octanol–water partition coefficient (Wildman–Crippen LogP) is 1.67. The zero-order valence-electron chi connectivity index (χ0n) is 9.64. The second-order valence-corrected chi connectivity index (χ2v) is 4.35. The Morgan fingerprint density at radius 1 is 1.29 bits per heavy atom. The maximum atomic E-state index is 6.02. The van der Waals surface area contributed by atoms with Gasteiger partial charge in [-0.15, -0.1) is 0 Å². The first-order chi connectivity index (χ1) is 8.24. The first-order valence-electron chi connectivity index (χ1n) is 5.70. The molecule has 3 heteroatoms. The van der Waals surface area contributed by atoms with E-state index in [0.29, 0.717) is 0 Å². The van der Waals surface area contributed by atoms with Crippen molar-refractivity contribution < 1.29 is 14.6 Å². The number of rotatable bonds is 1. The third-order valence-electron chi connectivity index (χ3n) is 2.97. The lowest BCUT2D eigenvalue weighted by Crippen LogP contribution is -2.45. The minimum atomic E-state index is 0.134. The first kappa shape index (κ1) is 10.1. The Morgan fingerprint density at radius 2 is 2.18 bits per heavy atom. The van der Waals surface area contributed by atoms with Crippen LogP contribution in [0.3, 0.4) is 0 Å². The van der Waals surface area contributed by atoms with Gasteiger partial charge in [-0.05, 0) is 31.2 Å². The third kappa shape index (κ3) is 1.73. The van der Waals surface area contributed by atoms with Gasteiger partial charge in [-0.25, -0.2) is 0 Å². The van der Waals surface area contributed by atoms with Crippen LogP contribution in [0.5, 0.6) is 5.75 Å². The summed E-state index contributed by atoms with van der Waals surface area (Å²) in [5.74, 6) is 1.68. The van der Waals surface area contributed by atoms with E-state index in [4.69, 9.17) is 14.6 Å². The van der Waals surface area contributed by atoms with Crippen LogP contribution in [0.2, 0.25) is 0 Å². The molecule has 17 heavy (non-hydrogen) atoms. The topological polar surface area (TPSA) is 48.0 Å². The second kappa shape index (κ2) is 3.77. The first-order valence-corrected chi connectivity index (χ1v) is 5.70. The van der Waals surface area contributed by atoms with Crippen molar-refractivity contribution in [3.8, 4) is 17.1 Å². The van der Waals surface area contributed by atoms with E-state index in [2.05, 4.69) is 0 Å². The largest absolute Gasteiger partial charge is 0.489 e. The second-order valence-electron chi connectivity index (χ2n) is 4.35. The Labute approximate surface area is 99.5 Å². The average molecular weight is 228 g/mol. The SMILES string of the molecule is CC1CC(=[NH2+])c2ccc(-c3ccco3)cc2O1. The molecule has 1 unspecified atom stereocenters. The van der Waals surface area contributed by atoms with Gasteiger partial charge in [0.2, 0.25) is 0 Å². The van der Waals surface area contributed by atoms with Gasteiger partial charge in [0.05, 0.1) is 18.2 Å². The smallest absolute Gasteiger partial charge is 0.187 e. The summed E-state index contributed by atoms with van der Waals surface area (Å²) >= 11 is 0. The molecule has 0 fully saturated rings. The lowest BCUT2D eigenvalue weighted by molar-refractivity contribution is -0.117. The molecule has 86 valence electrons. The molecule has 2 aromatic rings.